The summed E-state index contributed by atoms with van der Waals surface area (Å²) >= 11 is 0. The number of rotatable bonds is 7. The third kappa shape index (κ3) is 5.32. The third-order valence-electron chi connectivity index (χ3n) is 5.55. The van der Waals surface area contributed by atoms with Gasteiger partial charge in [0, 0.05) is 43.9 Å². The van der Waals surface area contributed by atoms with E-state index >= 15 is 0 Å². The van der Waals surface area contributed by atoms with Crippen LogP contribution in [0.15, 0.2) is 53.4 Å². The van der Waals surface area contributed by atoms with Gasteiger partial charge in [-0.05, 0) is 68.7 Å². The number of piperidine rings is 1. The second-order valence-corrected chi connectivity index (χ2v) is 9.99. The van der Waals surface area contributed by atoms with Crippen molar-refractivity contribution in [1.29, 1.82) is 0 Å². The Hall–Kier alpha value is -2.71. The van der Waals surface area contributed by atoms with Crippen molar-refractivity contribution in [3.8, 4) is 0 Å². The molecule has 1 fully saturated rings. The van der Waals surface area contributed by atoms with Gasteiger partial charge in [0.1, 0.15) is 0 Å². The van der Waals surface area contributed by atoms with E-state index in [1.54, 1.807) is 60.5 Å². The molecule has 2 aromatic rings. The number of carbonyl (C=O) groups excluding carboxylic acids is 2. The van der Waals surface area contributed by atoms with E-state index in [9.17, 15) is 18.0 Å². The minimum atomic E-state index is -3.53. The lowest BCUT2D eigenvalue weighted by molar-refractivity contribution is -0.119. The number of sulfonamides is 1. The Morgan fingerprint density at radius 2 is 1.71 bits per heavy atom. The normalized spacial score (nSPS) is 14.9. The number of benzene rings is 2. The van der Waals surface area contributed by atoms with Crippen LogP contribution >= 0.6 is 0 Å². The summed E-state index contributed by atoms with van der Waals surface area (Å²) in [5, 5.41) is 2.84. The largest absolute Gasteiger partial charge is 0.348 e. The van der Waals surface area contributed by atoms with Crippen LogP contribution in [0, 0.1) is 0 Å². The van der Waals surface area contributed by atoms with Crippen LogP contribution in [0.5, 0.6) is 0 Å². The number of amides is 2. The van der Waals surface area contributed by atoms with Crippen molar-refractivity contribution in [1.82, 2.24) is 9.62 Å². The highest BCUT2D eigenvalue weighted by molar-refractivity contribution is 7.89. The topological polar surface area (TPSA) is 86.8 Å². The number of anilines is 1. The lowest BCUT2D eigenvalue weighted by Gasteiger charge is -2.26. The van der Waals surface area contributed by atoms with E-state index in [4.69, 9.17) is 0 Å². The fourth-order valence-electron chi connectivity index (χ4n) is 3.38. The summed E-state index contributed by atoms with van der Waals surface area (Å²) in [7, 11) is -1.97. The van der Waals surface area contributed by atoms with Crippen LogP contribution < -0.4 is 10.2 Å². The molecule has 1 aliphatic rings. The van der Waals surface area contributed by atoms with Gasteiger partial charge in [0.2, 0.25) is 15.9 Å². The van der Waals surface area contributed by atoms with Crippen molar-refractivity contribution in [2.75, 3.05) is 18.5 Å². The van der Waals surface area contributed by atoms with Crippen molar-refractivity contribution >= 4 is 27.5 Å². The fourth-order valence-corrected chi connectivity index (χ4v) is 4.75. The number of nitrogens with one attached hydrogen (secondary N) is 1. The second kappa shape index (κ2) is 9.62. The summed E-state index contributed by atoms with van der Waals surface area (Å²) in [6.45, 7) is 4.63. The van der Waals surface area contributed by atoms with Gasteiger partial charge in [-0.25, -0.2) is 8.42 Å². The number of carbonyl (C=O) groups is 2. The van der Waals surface area contributed by atoms with Gasteiger partial charge in [-0.1, -0.05) is 12.1 Å². The molecule has 31 heavy (non-hydrogen) atoms. The third-order valence-corrected chi connectivity index (χ3v) is 7.59. The van der Waals surface area contributed by atoms with Crippen LogP contribution in [0.3, 0.4) is 0 Å². The highest BCUT2D eigenvalue weighted by atomic mass is 32.2. The van der Waals surface area contributed by atoms with Gasteiger partial charge in [-0.15, -0.1) is 0 Å². The summed E-state index contributed by atoms with van der Waals surface area (Å²) in [5.74, 6) is -0.110. The summed E-state index contributed by atoms with van der Waals surface area (Å²) in [6, 6.07) is 13.4. The van der Waals surface area contributed by atoms with Gasteiger partial charge in [-0.2, -0.15) is 4.31 Å². The molecular weight excluding hydrogens is 414 g/mol. The van der Waals surface area contributed by atoms with Crippen molar-refractivity contribution in [2.24, 2.45) is 0 Å². The fraction of sp³-hybridized carbons (Fsp3) is 0.391. The van der Waals surface area contributed by atoms with Crippen molar-refractivity contribution in [3.05, 3.63) is 59.7 Å². The Bertz CT molecular complexity index is 1030. The van der Waals surface area contributed by atoms with Crippen LogP contribution in [0.25, 0.3) is 0 Å². The quantitative estimate of drug-likeness (QED) is 0.712. The molecule has 0 aliphatic carbocycles. The van der Waals surface area contributed by atoms with Gasteiger partial charge >= 0.3 is 0 Å². The first kappa shape index (κ1) is 23.0. The predicted octanol–water partition coefficient (Wildman–Crippen LogP) is 3.16. The maximum atomic E-state index is 12.5. The molecular formula is C23H29N3O4S. The molecule has 8 heteroatoms. The zero-order valence-electron chi connectivity index (χ0n) is 18.2. The van der Waals surface area contributed by atoms with Crippen LogP contribution in [0.1, 0.15) is 49.0 Å². The lowest BCUT2D eigenvalue weighted by atomic mass is 10.1. The molecule has 0 unspecified atom stereocenters. The monoisotopic (exact) mass is 443 g/mol. The zero-order valence-corrected chi connectivity index (χ0v) is 19.0. The molecule has 0 aromatic heterocycles. The summed E-state index contributed by atoms with van der Waals surface area (Å²) in [6.07, 6.45) is 2.48. The van der Waals surface area contributed by atoms with E-state index < -0.39 is 10.0 Å². The van der Waals surface area contributed by atoms with Crippen LogP contribution in [0.2, 0.25) is 0 Å². The van der Waals surface area contributed by atoms with Crippen LogP contribution in [-0.2, 0) is 21.4 Å². The first-order chi connectivity index (χ1) is 14.7. The highest BCUT2D eigenvalue weighted by Gasteiger charge is 2.23. The molecule has 1 N–H and O–H groups in total. The summed E-state index contributed by atoms with van der Waals surface area (Å²) in [5.41, 5.74) is 2.12. The van der Waals surface area contributed by atoms with E-state index in [1.165, 1.54) is 4.31 Å². The molecule has 0 spiro atoms. The maximum absolute atomic E-state index is 12.5. The molecule has 0 bridgehead atoms. The van der Waals surface area contributed by atoms with Crippen molar-refractivity contribution < 1.29 is 18.0 Å². The minimum Gasteiger partial charge on any atom is -0.348 e. The standard InChI is InChI=1S/C23H29N3O4S/c1-17(2)25(3)31(29,30)21-13-7-18(8-14-21)16-24-23(28)19-9-11-20(12-10-19)26-15-5-4-6-22(26)27/h7-14,17H,4-6,15-16H2,1-3H3,(H,24,28). The van der Waals surface area contributed by atoms with Crippen molar-refractivity contribution in [2.45, 2.75) is 50.6 Å². The lowest BCUT2D eigenvalue weighted by Crippen LogP contribution is -2.35. The maximum Gasteiger partial charge on any atom is 0.251 e. The zero-order chi connectivity index (χ0) is 22.6. The van der Waals surface area contributed by atoms with Crippen molar-refractivity contribution in [3.63, 3.8) is 0 Å². The molecule has 1 aliphatic heterocycles. The number of nitrogens with zero attached hydrogens (tertiary/aromatic N) is 2. The highest BCUT2D eigenvalue weighted by Crippen LogP contribution is 2.21. The minimum absolute atomic E-state index is 0.119. The van der Waals surface area contributed by atoms with Gasteiger partial charge in [0.15, 0.2) is 0 Å². The SMILES string of the molecule is CC(C)N(C)S(=O)(=O)c1ccc(CNC(=O)c2ccc(N3CCCCC3=O)cc2)cc1. The molecule has 0 radical (unpaired) electrons. The molecule has 2 amide bonds. The first-order valence-corrected chi connectivity index (χ1v) is 11.9. The average molecular weight is 444 g/mol. The Balaban J connectivity index is 1.60. The van der Waals surface area contributed by atoms with E-state index in [2.05, 4.69) is 5.32 Å². The van der Waals surface area contributed by atoms with E-state index in [0.29, 0.717) is 18.5 Å². The Morgan fingerprint density at radius 1 is 1.06 bits per heavy atom. The van der Waals surface area contributed by atoms with Gasteiger partial charge in [0.25, 0.3) is 5.91 Å². The molecule has 1 heterocycles. The van der Waals surface area contributed by atoms with Crippen LogP contribution in [0.4, 0.5) is 5.69 Å². The number of hydrogen-bond donors (Lipinski definition) is 1. The van der Waals surface area contributed by atoms with Gasteiger partial charge < -0.3 is 10.2 Å². The molecule has 0 saturated carbocycles. The molecule has 166 valence electrons. The predicted molar refractivity (Wildman–Crippen MR) is 120 cm³/mol. The molecule has 0 atom stereocenters. The Kier molecular flexibility index (Phi) is 7.12. The Morgan fingerprint density at radius 3 is 2.29 bits per heavy atom. The second-order valence-electron chi connectivity index (χ2n) is 7.99. The first-order valence-electron chi connectivity index (χ1n) is 10.5. The number of hydrogen-bond acceptors (Lipinski definition) is 4. The van der Waals surface area contributed by atoms with Gasteiger partial charge in [-0.3, -0.25) is 9.59 Å². The van der Waals surface area contributed by atoms with Gasteiger partial charge in [0.05, 0.1) is 4.90 Å². The smallest absolute Gasteiger partial charge is 0.251 e. The van der Waals surface area contributed by atoms with E-state index in [0.717, 1.165) is 24.1 Å². The summed E-state index contributed by atoms with van der Waals surface area (Å²) in [4.78, 5) is 26.5. The Labute approximate surface area is 184 Å². The molecule has 2 aromatic carbocycles. The molecule has 1 saturated heterocycles. The summed E-state index contributed by atoms with van der Waals surface area (Å²) < 4.78 is 26.4. The van der Waals surface area contributed by atoms with E-state index in [-0.39, 0.29) is 29.3 Å². The molecule has 3 rings (SSSR count). The van der Waals surface area contributed by atoms with Crippen LogP contribution in [-0.4, -0.2) is 44.2 Å². The molecule has 7 nitrogen and oxygen atoms in total. The van der Waals surface area contributed by atoms with E-state index in [1.807, 2.05) is 13.8 Å². The average Bonchev–Trinajstić information content (AvgIpc) is 2.77.